The molecule has 1 unspecified atom stereocenters. The largest absolute Gasteiger partial charge is 0.460 e. The number of nitrogens with zero attached hydrogens (tertiary/aromatic N) is 3. The van der Waals surface area contributed by atoms with Crippen LogP contribution in [0.25, 0.3) is 10.6 Å². The smallest absolute Gasteiger partial charge is 0.307 e. The Labute approximate surface area is 211 Å². The average molecular weight is 499 g/mol. The first-order chi connectivity index (χ1) is 16.6. The van der Waals surface area contributed by atoms with Gasteiger partial charge >= 0.3 is 5.97 Å². The van der Waals surface area contributed by atoms with Gasteiger partial charge < -0.3 is 14.8 Å². The molecule has 9 heteroatoms. The number of rotatable bonds is 8. The number of esters is 1. The minimum Gasteiger partial charge on any atom is -0.460 e. The van der Waals surface area contributed by atoms with Gasteiger partial charge in [0.05, 0.1) is 22.0 Å². The van der Waals surface area contributed by atoms with Crippen LogP contribution in [0.3, 0.4) is 0 Å². The molecule has 0 spiro atoms. The van der Waals surface area contributed by atoms with Crippen molar-refractivity contribution in [1.29, 1.82) is 0 Å². The lowest BCUT2D eigenvalue weighted by Gasteiger charge is -2.20. The van der Waals surface area contributed by atoms with Crippen molar-refractivity contribution in [2.75, 3.05) is 19.0 Å². The quantitative estimate of drug-likeness (QED) is 0.300. The molecule has 0 aliphatic rings. The Morgan fingerprint density at radius 2 is 1.91 bits per heavy atom. The molecule has 0 saturated heterocycles. The van der Waals surface area contributed by atoms with Crippen molar-refractivity contribution in [3.05, 3.63) is 52.8 Å². The first-order valence-corrected chi connectivity index (χ1v) is 12.2. The summed E-state index contributed by atoms with van der Waals surface area (Å²) in [5.74, 6) is 0.838. The number of hydrogen-bond acceptors (Lipinski definition) is 9. The molecule has 0 aliphatic heterocycles. The van der Waals surface area contributed by atoms with Gasteiger partial charge in [-0.3, -0.25) is 9.59 Å². The summed E-state index contributed by atoms with van der Waals surface area (Å²) in [6.45, 7) is 12.2. The van der Waals surface area contributed by atoms with Gasteiger partial charge in [-0.1, -0.05) is 13.0 Å². The number of methoxy groups -OCH3 is 1. The molecular weight excluding hydrogens is 464 g/mol. The molecule has 35 heavy (non-hydrogen) atoms. The second kappa shape index (κ2) is 13.1. The molecule has 1 N–H and O–H groups in total. The lowest BCUT2D eigenvalue weighted by molar-refractivity contribution is -0.155. The van der Waals surface area contributed by atoms with E-state index in [0.717, 1.165) is 18.5 Å². The van der Waals surface area contributed by atoms with E-state index in [9.17, 15) is 9.59 Å². The third kappa shape index (κ3) is 9.18. The number of hydrogen-bond donors (Lipinski definition) is 1. The van der Waals surface area contributed by atoms with Gasteiger partial charge in [-0.05, 0) is 64.4 Å². The van der Waals surface area contributed by atoms with Crippen LogP contribution in [0.15, 0.2) is 36.5 Å². The molecule has 8 nitrogen and oxygen atoms in total. The highest BCUT2D eigenvalue weighted by atomic mass is 32.1. The molecule has 0 aliphatic carbocycles. The number of aryl methyl sites for hydroxylation is 1. The first-order valence-electron chi connectivity index (χ1n) is 11.4. The molecule has 0 amide bonds. The second-order valence-electron chi connectivity index (χ2n) is 8.90. The summed E-state index contributed by atoms with van der Waals surface area (Å²) in [7, 11) is 1.68. The zero-order valence-electron chi connectivity index (χ0n) is 21.4. The number of pyridine rings is 2. The molecule has 0 radical (unpaired) electrons. The van der Waals surface area contributed by atoms with Gasteiger partial charge in [0, 0.05) is 25.8 Å². The van der Waals surface area contributed by atoms with E-state index in [1.807, 2.05) is 71.9 Å². The number of anilines is 2. The fraction of sp³-hybridized carbons (Fsp3) is 0.423. The molecule has 3 rings (SSSR count). The van der Waals surface area contributed by atoms with Gasteiger partial charge in [0.1, 0.15) is 22.9 Å². The fourth-order valence-corrected chi connectivity index (χ4v) is 3.96. The van der Waals surface area contributed by atoms with Crippen molar-refractivity contribution in [3.8, 4) is 10.6 Å². The van der Waals surface area contributed by atoms with Crippen LogP contribution < -0.4 is 5.32 Å². The van der Waals surface area contributed by atoms with Crippen molar-refractivity contribution in [1.82, 2.24) is 15.0 Å². The van der Waals surface area contributed by atoms with Gasteiger partial charge in [-0.25, -0.2) is 15.0 Å². The predicted molar refractivity (Wildman–Crippen MR) is 139 cm³/mol. The maximum atomic E-state index is 12.2. The topological polar surface area (TPSA) is 103 Å². The monoisotopic (exact) mass is 498 g/mol. The molecule has 3 heterocycles. The molecule has 0 bridgehead atoms. The number of nitrogens with one attached hydrogen (secondary N) is 1. The maximum Gasteiger partial charge on any atom is 0.307 e. The van der Waals surface area contributed by atoms with Gasteiger partial charge in [-0.2, -0.15) is 0 Å². The Balaban J connectivity index is 0.00000100. The SMILES string of the molecule is CCOC.Cc1ccnc(Nc2cccc(-c3sc(C(C)CC(=O)OC(C)(C)C)nc3C=O)n2)c1. The normalized spacial score (nSPS) is 11.7. The van der Waals surface area contributed by atoms with Gasteiger partial charge in [0.25, 0.3) is 0 Å². The van der Waals surface area contributed by atoms with Gasteiger partial charge in [-0.15, -0.1) is 11.3 Å². The van der Waals surface area contributed by atoms with E-state index in [1.54, 1.807) is 13.3 Å². The van der Waals surface area contributed by atoms with E-state index in [-0.39, 0.29) is 18.3 Å². The maximum absolute atomic E-state index is 12.2. The zero-order valence-corrected chi connectivity index (χ0v) is 22.2. The number of aldehydes is 1. The molecule has 0 fully saturated rings. The van der Waals surface area contributed by atoms with Crippen LogP contribution in [0.1, 0.15) is 68.0 Å². The molecule has 0 aromatic carbocycles. The summed E-state index contributed by atoms with van der Waals surface area (Å²) in [5.41, 5.74) is 1.49. The van der Waals surface area contributed by atoms with Crippen molar-refractivity contribution < 1.29 is 19.1 Å². The van der Waals surface area contributed by atoms with Crippen LogP contribution >= 0.6 is 11.3 Å². The third-order valence-corrected chi connectivity index (χ3v) is 5.86. The number of thiazole rings is 1. The van der Waals surface area contributed by atoms with Crippen molar-refractivity contribution in [2.24, 2.45) is 0 Å². The zero-order chi connectivity index (χ0) is 26.0. The van der Waals surface area contributed by atoms with Crippen molar-refractivity contribution >= 4 is 35.2 Å². The molecular formula is C26H34N4O4S. The van der Waals surface area contributed by atoms with E-state index in [4.69, 9.17) is 4.74 Å². The molecule has 3 aromatic rings. The van der Waals surface area contributed by atoms with Crippen LogP contribution in [0, 0.1) is 6.92 Å². The Bertz CT molecular complexity index is 1120. The summed E-state index contributed by atoms with van der Waals surface area (Å²) in [4.78, 5) is 37.9. The minimum atomic E-state index is -0.539. The minimum absolute atomic E-state index is 0.176. The number of carbonyl (C=O) groups excluding carboxylic acids is 2. The highest BCUT2D eigenvalue weighted by molar-refractivity contribution is 7.15. The highest BCUT2D eigenvalue weighted by Crippen LogP contribution is 2.34. The van der Waals surface area contributed by atoms with Gasteiger partial charge in [0.15, 0.2) is 6.29 Å². The summed E-state index contributed by atoms with van der Waals surface area (Å²) in [6.07, 6.45) is 2.64. The van der Waals surface area contributed by atoms with Gasteiger partial charge in [0.2, 0.25) is 0 Å². The van der Waals surface area contributed by atoms with Crippen LogP contribution in [-0.4, -0.2) is 46.5 Å². The molecule has 0 saturated carbocycles. The van der Waals surface area contributed by atoms with E-state index in [0.29, 0.717) is 32.9 Å². The highest BCUT2D eigenvalue weighted by Gasteiger charge is 2.23. The van der Waals surface area contributed by atoms with E-state index >= 15 is 0 Å². The van der Waals surface area contributed by atoms with E-state index < -0.39 is 5.60 Å². The van der Waals surface area contributed by atoms with Crippen LogP contribution in [0.2, 0.25) is 0 Å². The Hall–Kier alpha value is -3.17. The Morgan fingerprint density at radius 1 is 1.20 bits per heavy atom. The summed E-state index contributed by atoms with van der Waals surface area (Å²) >= 11 is 1.37. The van der Waals surface area contributed by atoms with Crippen LogP contribution in [-0.2, 0) is 14.3 Å². The first kappa shape index (κ1) is 28.1. The predicted octanol–water partition coefficient (Wildman–Crippen LogP) is 5.95. The van der Waals surface area contributed by atoms with Crippen LogP contribution in [0.5, 0.6) is 0 Å². The molecule has 1 atom stereocenters. The number of carbonyl (C=O) groups is 2. The summed E-state index contributed by atoms with van der Waals surface area (Å²) < 4.78 is 9.94. The number of ether oxygens (including phenoxy) is 2. The van der Waals surface area contributed by atoms with E-state index in [2.05, 4.69) is 25.0 Å². The number of aromatic nitrogens is 3. The van der Waals surface area contributed by atoms with Crippen LogP contribution in [0.4, 0.5) is 11.6 Å². The van der Waals surface area contributed by atoms with E-state index in [1.165, 1.54) is 11.3 Å². The molecule has 3 aromatic heterocycles. The average Bonchev–Trinajstić information content (AvgIpc) is 3.23. The fourth-order valence-electron chi connectivity index (χ4n) is 2.91. The lowest BCUT2D eigenvalue weighted by atomic mass is 10.1. The third-order valence-electron chi connectivity index (χ3n) is 4.54. The van der Waals surface area contributed by atoms with Crippen molar-refractivity contribution in [3.63, 3.8) is 0 Å². The summed E-state index contributed by atoms with van der Waals surface area (Å²) in [6, 6.07) is 9.37. The Morgan fingerprint density at radius 3 is 2.51 bits per heavy atom. The standard InChI is InChI=1S/C23H26N4O3S.C3H8O/c1-14-9-10-24-19(11-14)27-18-8-6-7-16(25-18)21-17(13-28)26-22(31-21)15(2)12-20(29)30-23(3,4)5;1-3-4-2/h6-11,13,15H,12H2,1-5H3,(H,24,25,27);3H2,1-2H3. The lowest BCUT2D eigenvalue weighted by Crippen LogP contribution is -2.24. The summed E-state index contributed by atoms with van der Waals surface area (Å²) in [5, 5.41) is 3.88. The second-order valence-corrected chi connectivity index (χ2v) is 9.94. The van der Waals surface area contributed by atoms with Crippen molar-refractivity contribution in [2.45, 2.75) is 59.5 Å². The Kier molecular flexibility index (Phi) is 10.5. The molecule has 188 valence electrons.